The van der Waals surface area contributed by atoms with Gasteiger partial charge in [-0.1, -0.05) is 11.6 Å². The van der Waals surface area contributed by atoms with Crippen LogP contribution in [0.25, 0.3) is 0 Å². The summed E-state index contributed by atoms with van der Waals surface area (Å²) in [6.07, 6.45) is 4.09. The van der Waals surface area contributed by atoms with Crippen molar-refractivity contribution < 1.29 is 10.3 Å². The van der Waals surface area contributed by atoms with Gasteiger partial charge in [-0.05, 0) is 38.1 Å². The molecule has 0 heterocycles. The molecule has 1 fully saturated rings. The van der Waals surface area contributed by atoms with Gasteiger partial charge in [-0.3, -0.25) is 0 Å². The maximum absolute atomic E-state index is 9.19. The fraction of sp³-hybridized carbons (Fsp3) is 0.909. The zero-order valence-electron chi connectivity index (χ0n) is 9.89. The van der Waals surface area contributed by atoms with Gasteiger partial charge in [0.25, 0.3) is 0 Å². The zero-order valence-corrected chi connectivity index (χ0v) is 9.89. The lowest BCUT2D eigenvalue weighted by Gasteiger charge is -2.20. The van der Waals surface area contributed by atoms with Crippen molar-refractivity contribution in [3.05, 3.63) is 0 Å². The minimum atomic E-state index is 0.204. The highest BCUT2D eigenvalue weighted by Crippen LogP contribution is 2.30. The molecule has 0 saturated heterocycles. The van der Waals surface area contributed by atoms with E-state index in [4.69, 9.17) is 10.9 Å². The van der Waals surface area contributed by atoms with Gasteiger partial charge in [-0.15, -0.1) is 0 Å². The van der Waals surface area contributed by atoms with E-state index in [2.05, 4.69) is 10.5 Å². The van der Waals surface area contributed by atoms with E-state index >= 15 is 0 Å². The number of nitrogens with zero attached hydrogens (tertiary/aromatic N) is 1. The third-order valence-electron chi connectivity index (χ3n) is 3.42. The number of hydrogen-bond acceptors (Lipinski definition) is 4. The van der Waals surface area contributed by atoms with E-state index < -0.39 is 0 Å². The average Bonchev–Trinajstić information content (AvgIpc) is 2.73. The predicted molar refractivity (Wildman–Crippen MR) is 63.4 cm³/mol. The molecule has 1 aliphatic carbocycles. The van der Waals surface area contributed by atoms with Crippen LogP contribution in [-0.2, 0) is 0 Å². The molecule has 0 aromatic carbocycles. The van der Waals surface area contributed by atoms with Crippen LogP contribution in [0, 0.1) is 11.8 Å². The van der Waals surface area contributed by atoms with Gasteiger partial charge in [-0.25, -0.2) is 0 Å². The molecule has 1 aliphatic rings. The largest absolute Gasteiger partial charge is 0.409 e. The summed E-state index contributed by atoms with van der Waals surface area (Å²) in [6.45, 7) is 3.22. The van der Waals surface area contributed by atoms with Crippen LogP contribution < -0.4 is 11.1 Å². The SMILES string of the molecule is CC(CC(N)=NO)NCC1CCCC1CO. The first kappa shape index (κ1) is 13.3. The summed E-state index contributed by atoms with van der Waals surface area (Å²) in [5.74, 6) is 1.27. The summed E-state index contributed by atoms with van der Waals surface area (Å²) in [7, 11) is 0. The van der Waals surface area contributed by atoms with Gasteiger partial charge in [0.05, 0.1) is 0 Å². The zero-order chi connectivity index (χ0) is 12.0. The van der Waals surface area contributed by atoms with Crippen molar-refractivity contribution in [1.29, 1.82) is 0 Å². The Bertz CT molecular complexity index is 233. The molecule has 0 bridgehead atoms. The van der Waals surface area contributed by atoms with Crippen LogP contribution in [0.5, 0.6) is 0 Å². The molecule has 94 valence electrons. The summed E-state index contributed by atoms with van der Waals surface area (Å²) in [4.78, 5) is 0. The van der Waals surface area contributed by atoms with Crippen molar-refractivity contribution in [2.24, 2.45) is 22.7 Å². The highest BCUT2D eigenvalue weighted by Gasteiger charge is 2.26. The van der Waals surface area contributed by atoms with E-state index in [1.165, 1.54) is 12.8 Å². The van der Waals surface area contributed by atoms with Crippen LogP contribution in [0.2, 0.25) is 0 Å². The second kappa shape index (κ2) is 6.70. The third kappa shape index (κ3) is 3.98. The molecule has 5 N–H and O–H groups in total. The first-order chi connectivity index (χ1) is 7.67. The summed E-state index contributed by atoms with van der Waals surface area (Å²) >= 11 is 0. The Labute approximate surface area is 96.7 Å². The van der Waals surface area contributed by atoms with E-state index in [9.17, 15) is 5.11 Å². The van der Waals surface area contributed by atoms with Crippen molar-refractivity contribution >= 4 is 5.84 Å². The second-order valence-corrected chi connectivity index (χ2v) is 4.74. The molecule has 0 radical (unpaired) electrons. The van der Waals surface area contributed by atoms with Gasteiger partial charge in [-0.2, -0.15) is 0 Å². The molecule has 1 saturated carbocycles. The Morgan fingerprint density at radius 1 is 1.50 bits per heavy atom. The Balaban J connectivity index is 2.23. The summed E-state index contributed by atoms with van der Waals surface area (Å²) in [5.41, 5.74) is 5.43. The molecule has 0 aromatic heterocycles. The first-order valence-electron chi connectivity index (χ1n) is 5.98. The predicted octanol–water partition coefficient (Wildman–Crippen LogP) is 0.510. The highest BCUT2D eigenvalue weighted by molar-refractivity contribution is 5.80. The van der Waals surface area contributed by atoms with Gasteiger partial charge in [0.2, 0.25) is 0 Å². The Kier molecular flexibility index (Phi) is 5.55. The lowest BCUT2D eigenvalue weighted by Crippen LogP contribution is -2.36. The van der Waals surface area contributed by atoms with Crippen LogP contribution in [-0.4, -0.2) is 35.3 Å². The normalized spacial score (nSPS) is 28.2. The van der Waals surface area contributed by atoms with Gasteiger partial charge >= 0.3 is 0 Å². The van der Waals surface area contributed by atoms with Gasteiger partial charge in [0.15, 0.2) is 0 Å². The van der Waals surface area contributed by atoms with Crippen molar-refractivity contribution in [2.45, 2.75) is 38.6 Å². The number of aliphatic hydroxyl groups excluding tert-OH is 1. The van der Waals surface area contributed by atoms with E-state index in [0.717, 1.165) is 13.0 Å². The minimum Gasteiger partial charge on any atom is -0.409 e. The number of nitrogens with one attached hydrogen (secondary N) is 1. The fourth-order valence-corrected chi connectivity index (χ4v) is 2.40. The van der Waals surface area contributed by atoms with E-state index in [1.54, 1.807) is 0 Å². The number of nitrogens with two attached hydrogens (primary N) is 1. The van der Waals surface area contributed by atoms with Crippen LogP contribution in [0.3, 0.4) is 0 Å². The maximum Gasteiger partial charge on any atom is 0.140 e. The lowest BCUT2D eigenvalue weighted by atomic mass is 9.96. The van der Waals surface area contributed by atoms with Crippen molar-refractivity contribution in [3.63, 3.8) is 0 Å². The van der Waals surface area contributed by atoms with Gasteiger partial charge in [0.1, 0.15) is 5.84 Å². The number of rotatable bonds is 6. The molecule has 0 spiro atoms. The van der Waals surface area contributed by atoms with Gasteiger partial charge in [0, 0.05) is 19.1 Å². The molecular weight excluding hydrogens is 206 g/mol. The van der Waals surface area contributed by atoms with E-state index in [0.29, 0.717) is 24.9 Å². The van der Waals surface area contributed by atoms with Crippen LogP contribution in [0.15, 0.2) is 5.16 Å². The third-order valence-corrected chi connectivity index (χ3v) is 3.42. The quantitative estimate of drug-likeness (QED) is 0.231. The molecule has 0 amide bonds. The molecule has 5 heteroatoms. The van der Waals surface area contributed by atoms with Crippen molar-refractivity contribution in [1.82, 2.24) is 5.32 Å². The lowest BCUT2D eigenvalue weighted by molar-refractivity contribution is 0.190. The molecule has 3 atom stereocenters. The molecule has 5 nitrogen and oxygen atoms in total. The van der Waals surface area contributed by atoms with Crippen LogP contribution >= 0.6 is 0 Å². The molecule has 0 aliphatic heterocycles. The number of hydrogen-bond donors (Lipinski definition) is 4. The summed E-state index contributed by atoms with van der Waals surface area (Å²) < 4.78 is 0. The average molecular weight is 229 g/mol. The number of amidine groups is 1. The number of oxime groups is 1. The monoisotopic (exact) mass is 229 g/mol. The summed E-state index contributed by atoms with van der Waals surface area (Å²) in [5, 5.41) is 24.0. The first-order valence-corrected chi connectivity index (χ1v) is 5.98. The minimum absolute atomic E-state index is 0.204. The summed E-state index contributed by atoms with van der Waals surface area (Å²) in [6, 6.07) is 0.204. The van der Waals surface area contributed by atoms with Crippen molar-refractivity contribution in [2.75, 3.05) is 13.2 Å². The molecular formula is C11H23N3O2. The Morgan fingerprint density at radius 2 is 2.19 bits per heavy atom. The standard InChI is InChI=1S/C11H23N3O2/c1-8(5-11(12)14-16)13-6-9-3-2-4-10(9)7-15/h8-10,13,15-16H,2-7H2,1H3,(H2,12,14). The molecule has 16 heavy (non-hydrogen) atoms. The smallest absolute Gasteiger partial charge is 0.140 e. The fourth-order valence-electron chi connectivity index (χ4n) is 2.40. The van der Waals surface area contributed by atoms with E-state index in [1.807, 2.05) is 6.92 Å². The van der Waals surface area contributed by atoms with Gasteiger partial charge < -0.3 is 21.4 Å². The van der Waals surface area contributed by atoms with E-state index in [-0.39, 0.29) is 11.9 Å². The molecule has 1 rings (SSSR count). The maximum atomic E-state index is 9.19. The van der Waals surface area contributed by atoms with Crippen LogP contribution in [0.1, 0.15) is 32.6 Å². The molecule has 3 unspecified atom stereocenters. The Morgan fingerprint density at radius 3 is 2.81 bits per heavy atom. The second-order valence-electron chi connectivity index (χ2n) is 4.74. The highest BCUT2D eigenvalue weighted by atomic mass is 16.4. The molecule has 0 aromatic rings. The van der Waals surface area contributed by atoms with Crippen LogP contribution in [0.4, 0.5) is 0 Å². The Hall–Kier alpha value is -0.810. The number of aliphatic hydroxyl groups is 1. The van der Waals surface area contributed by atoms with Crippen molar-refractivity contribution in [3.8, 4) is 0 Å². The topological polar surface area (TPSA) is 90.9 Å².